The van der Waals surface area contributed by atoms with Gasteiger partial charge >= 0.3 is 0 Å². The number of carbonyl (C=O) groups is 1. The average molecular weight is 316 g/mol. The van der Waals surface area contributed by atoms with Gasteiger partial charge in [-0.1, -0.05) is 0 Å². The number of nitrogens with zero attached hydrogens (tertiary/aromatic N) is 2. The average Bonchev–Trinajstić information content (AvgIpc) is 3.33. The molecule has 0 spiro atoms. The van der Waals surface area contributed by atoms with Gasteiger partial charge in [0, 0.05) is 25.1 Å². The molecule has 2 saturated heterocycles. The van der Waals surface area contributed by atoms with Gasteiger partial charge in [-0.25, -0.2) is 0 Å². The highest BCUT2D eigenvalue weighted by molar-refractivity contribution is 5.94. The van der Waals surface area contributed by atoms with E-state index in [1.807, 2.05) is 24.0 Å². The molecule has 0 bridgehead atoms. The van der Waals surface area contributed by atoms with Gasteiger partial charge in [0.2, 0.25) is 0 Å². The molecule has 1 aromatic heterocycles. The number of pyridine rings is 1. The zero-order chi connectivity index (χ0) is 15.8. The number of aryl methyl sites for hydroxylation is 1. The van der Waals surface area contributed by atoms with Crippen molar-refractivity contribution < 1.29 is 14.3 Å². The summed E-state index contributed by atoms with van der Waals surface area (Å²) in [5.74, 6) is 0.776. The third-order valence-corrected chi connectivity index (χ3v) is 5.14. The number of likely N-dealkylation sites (tertiary alicyclic amines) is 1. The summed E-state index contributed by atoms with van der Waals surface area (Å²) in [4.78, 5) is 19.1. The number of hydrogen-bond acceptors (Lipinski definition) is 4. The van der Waals surface area contributed by atoms with Gasteiger partial charge in [0.1, 0.15) is 12.2 Å². The van der Waals surface area contributed by atoms with Crippen molar-refractivity contribution in [2.24, 2.45) is 5.92 Å². The van der Waals surface area contributed by atoms with Crippen molar-refractivity contribution in [3.63, 3.8) is 0 Å². The largest absolute Gasteiger partial charge is 0.373 e. The highest BCUT2D eigenvalue weighted by Gasteiger charge is 2.47. The molecule has 3 aliphatic rings. The summed E-state index contributed by atoms with van der Waals surface area (Å²) in [6, 6.07) is 3.89. The van der Waals surface area contributed by atoms with Crippen LogP contribution in [0.4, 0.5) is 0 Å². The number of amides is 1. The Balaban J connectivity index is 1.49. The number of carbonyl (C=O) groups excluding carboxylic acids is 1. The Kier molecular flexibility index (Phi) is 4.07. The van der Waals surface area contributed by atoms with Gasteiger partial charge < -0.3 is 14.4 Å². The molecule has 1 saturated carbocycles. The zero-order valence-electron chi connectivity index (χ0n) is 13.6. The van der Waals surface area contributed by atoms with Crippen LogP contribution in [-0.4, -0.2) is 53.8 Å². The second-order valence-electron chi connectivity index (χ2n) is 7.01. The molecule has 0 aromatic carbocycles. The number of aromatic nitrogens is 1. The summed E-state index contributed by atoms with van der Waals surface area (Å²) < 4.78 is 12.1. The Bertz CT molecular complexity index is 570. The molecule has 0 unspecified atom stereocenters. The second-order valence-corrected chi connectivity index (χ2v) is 7.01. The number of fused-ring (bicyclic) bond motifs is 1. The minimum absolute atomic E-state index is 0.0169. The van der Waals surface area contributed by atoms with Crippen LogP contribution in [0.2, 0.25) is 0 Å². The molecule has 0 radical (unpaired) electrons. The van der Waals surface area contributed by atoms with Crippen LogP contribution in [-0.2, 0) is 9.47 Å². The predicted octanol–water partition coefficient (Wildman–Crippen LogP) is 2.19. The molecular weight excluding hydrogens is 292 g/mol. The number of ether oxygens (including phenoxy) is 2. The van der Waals surface area contributed by atoms with Crippen LogP contribution in [0.5, 0.6) is 0 Å². The van der Waals surface area contributed by atoms with Crippen molar-refractivity contribution in [2.45, 2.75) is 50.9 Å². The van der Waals surface area contributed by atoms with E-state index in [-0.39, 0.29) is 24.2 Å². The Morgan fingerprint density at radius 2 is 2.26 bits per heavy atom. The van der Waals surface area contributed by atoms with Crippen LogP contribution in [0.25, 0.3) is 0 Å². The highest BCUT2D eigenvalue weighted by atomic mass is 16.5. The van der Waals surface area contributed by atoms with E-state index in [9.17, 15) is 4.79 Å². The van der Waals surface area contributed by atoms with Crippen LogP contribution in [0.3, 0.4) is 0 Å². The van der Waals surface area contributed by atoms with Crippen molar-refractivity contribution in [3.05, 3.63) is 29.6 Å². The molecule has 0 N–H and O–H groups in total. The maximum absolute atomic E-state index is 12.9. The molecule has 23 heavy (non-hydrogen) atoms. The van der Waals surface area contributed by atoms with Gasteiger partial charge in [0.05, 0.1) is 18.2 Å². The van der Waals surface area contributed by atoms with E-state index in [1.54, 1.807) is 6.20 Å². The lowest BCUT2D eigenvalue weighted by Crippen LogP contribution is -2.44. The van der Waals surface area contributed by atoms with Crippen molar-refractivity contribution in [1.82, 2.24) is 9.88 Å². The van der Waals surface area contributed by atoms with Crippen LogP contribution >= 0.6 is 0 Å². The van der Waals surface area contributed by atoms with Crippen LogP contribution in [0.1, 0.15) is 41.7 Å². The zero-order valence-corrected chi connectivity index (χ0v) is 13.6. The Hall–Kier alpha value is -1.46. The molecule has 5 nitrogen and oxygen atoms in total. The second kappa shape index (κ2) is 6.21. The minimum Gasteiger partial charge on any atom is -0.373 e. The van der Waals surface area contributed by atoms with Crippen molar-refractivity contribution in [1.29, 1.82) is 0 Å². The predicted molar refractivity (Wildman–Crippen MR) is 85.2 cm³/mol. The Morgan fingerprint density at radius 1 is 1.39 bits per heavy atom. The van der Waals surface area contributed by atoms with E-state index < -0.39 is 0 Å². The van der Waals surface area contributed by atoms with Gasteiger partial charge in [0.25, 0.3) is 5.91 Å². The SMILES string of the molecule is Cc1ccc(C(=O)N2C[C@H](OCC3CC3)[C@H]3OCCC[C@H]32)cn1. The summed E-state index contributed by atoms with van der Waals surface area (Å²) >= 11 is 0. The molecule has 124 valence electrons. The normalized spacial score (nSPS) is 30.3. The molecule has 1 aliphatic carbocycles. The topological polar surface area (TPSA) is 51.7 Å². The standard InChI is InChI=1S/C18H24N2O3/c1-12-4-7-14(9-19-12)18(21)20-10-16(23-11-13-5-6-13)17-15(20)3-2-8-22-17/h4,7,9,13,15-17H,2-3,5-6,8,10-11H2,1H3/t15-,16+,17+/m1/s1. The van der Waals surface area contributed by atoms with Crippen LogP contribution < -0.4 is 0 Å². The lowest BCUT2D eigenvalue weighted by molar-refractivity contribution is -0.0781. The third kappa shape index (κ3) is 3.12. The van der Waals surface area contributed by atoms with Crippen LogP contribution in [0, 0.1) is 12.8 Å². The first-order valence-corrected chi connectivity index (χ1v) is 8.69. The number of rotatable bonds is 4. The molecule has 3 atom stereocenters. The lowest BCUT2D eigenvalue weighted by atomic mass is 10.0. The minimum atomic E-state index is 0.0169. The Morgan fingerprint density at radius 3 is 3.00 bits per heavy atom. The monoisotopic (exact) mass is 316 g/mol. The van der Waals surface area contributed by atoms with Gasteiger partial charge in [0.15, 0.2) is 0 Å². The van der Waals surface area contributed by atoms with Gasteiger partial charge in [-0.2, -0.15) is 0 Å². The van der Waals surface area contributed by atoms with E-state index >= 15 is 0 Å². The summed E-state index contributed by atoms with van der Waals surface area (Å²) in [5, 5.41) is 0. The van der Waals surface area contributed by atoms with Crippen molar-refractivity contribution in [2.75, 3.05) is 19.8 Å². The summed E-state index contributed by atoms with van der Waals surface area (Å²) in [7, 11) is 0. The first-order chi connectivity index (χ1) is 11.2. The van der Waals surface area contributed by atoms with Gasteiger partial charge in [-0.05, 0) is 50.7 Å². The molecular formula is C18H24N2O3. The summed E-state index contributed by atoms with van der Waals surface area (Å²) in [6.45, 7) is 4.15. The molecule has 1 amide bonds. The fourth-order valence-corrected chi connectivity index (χ4v) is 3.59. The van der Waals surface area contributed by atoms with Crippen LogP contribution in [0.15, 0.2) is 18.3 Å². The third-order valence-electron chi connectivity index (χ3n) is 5.14. The van der Waals surface area contributed by atoms with E-state index in [1.165, 1.54) is 12.8 Å². The van der Waals surface area contributed by atoms with Gasteiger partial charge in [-0.15, -0.1) is 0 Å². The highest BCUT2D eigenvalue weighted by Crippen LogP contribution is 2.34. The fourth-order valence-electron chi connectivity index (χ4n) is 3.59. The fraction of sp³-hybridized carbons (Fsp3) is 0.667. The van der Waals surface area contributed by atoms with Crippen molar-refractivity contribution >= 4 is 5.91 Å². The molecule has 4 rings (SSSR count). The smallest absolute Gasteiger partial charge is 0.255 e. The summed E-state index contributed by atoms with van der Waals surface area (Å²) in [6.07, 6.45) is 6.28. The summed E-state index contributed by atoms with van der Waals surface area (Å²) in [5.41, 5.74) is 1.58. The van der Waals surface area contributed by atoms with Crippen molar-refractivity contribution in [3.8, 4) is 0 Å². The van der Waals surface area contributed by atoms with E-state index in [0.29, 0.717) is 12.1 Å². The number of hydrogen-bond donors (Lipinski definition) is 0. The van der Waals surface area contributed by atoms with E-state index in [2.05, 4.69) is 4.98 Å². The molecule has 2 aliphatic heterocycles. The molecule has 3 heterocycles. The Labute approximate surface area is 137 Å². The maximum atomic E-state index is 12.9. The molecule has 5 heteroatoms. The molecule has 3 fully saturated rings. The van der Waals surface area contributed by atoms with Gasteiger partial charge in [-0.3, -0.25) is 9.78 Å². The first-order valence-electron chi connectivity index (χ1n) is 8.69. The maximum Gasteiger partial charge on any atom is 0.255 e. The first kappa shape index (κ1) is 15.1. The quantitative estimate of drug-likeness (QED) is 0.854. The van der Waals surface area contributed by atoms with E-state index in [0.717, 1.165) is 37.7 Å². The molecule has 1 aromatic rings. The lowest BCUT2D eigenvalue weighted by Gasteiger charge is -2.32. The van der Waals surface area contributed by atoms with E-state index in [4.69, 9.17) is 9.47 Å².